The second kappa shape index (κ2) is 6.37. The largest absolute Gasteiger partial charge is 0.379 e. The molecular formula is C16H13BrN2O4S. The minimum absolute atomic E-state index is 0.0750. The van der Waals surface area contributed by atoms with Crippen molar-refractivity contribution in [3.63, 3.8) is 0 Å². The Morgan fingerprint density at radius 2 is 1.79 bits per heavy atom. The Labute approximate surface area is 147 Å². The minimum Gasteiger partial charge on any atom is -0.379 e. The maximum atomic E-state index is 12.4. The van der Waals surface area contributed by atoms with Gasteiger partial charge in [-0.3, -0.25) is 0 Å². The van der Waals surface area contributed by atoms with E-state index < -0.39 is 10.1 Å². The highest BCUT2D eigenvalue weighted by atomic mass is 79.9. The van der Waals surface area contributed by atoms with E-state index in [2.05, 4.69) is 26.1 Å². The van der Waals surface area contributed by atoms with Crippen molar-refractivity contribution in [2.45, 2.75) is 18.7 Å². The smallest absolute Gasteiger partial charge is 0.340 e. The fraction of sp³-hybridized carbons (Fsp3) is 0.125. The van der Waals surface area contributed by atoms with Crippen LogP contribution in [0.2, 0.25) is 0 Å². The Morgan fingerprint density at radius 1 is 1.08 bits per heavy atom. The van der Waals surface area contributed by atoms with Crippen LogP contribution in [0.15, 0.2) is 56.4 Å². The summed E-state index contributed by atoms with van der Waals surface area (Å²) in [5.74, 6) is 1.09. The predicted molar refractivity (Wildman–Crippen MR) is 91.2 cm³/mol. The van der Waals surface area contributed by atoms with Crippen molar-refractivity contribution in [3.8, 4) is 17.1 Å². The molecule has 0 aliphatic heterocycles. The zero-order valence-electron chi connectivity index (χ0n) is 12.9. The molecule has 0 bridgehead atoms. The number of rotatable bonds is 4. The molecule has 3 rings (SSSR count). The molecule has 24 heavy (non-hydrogen) atoms. The van der Waals surface area contributed by atoms with E-state index in [1.807, 2.05) is 6.92 Å². The summed E-state index contributed by atoms with van der Waals surface area (Å²) in [6.07, 6.45) is 0. The Morgan fingerprint density at radius 3 is 2.38 bits per heavy atom. The fourth-order valence-corrected chi connectivity index (χ4v) is 4.13. The molecule has 8 heteroatoms. The van der Waals surface area contributed by atoms with Gasteiger partial charge in [-0.1, -0.05) is 11.2 Å². The summed E-state index contributed by atoms with van der Waals surface area (Å²) < 4.78 is 35.4. The Kier molecular flexibility index (Phi) is 4.42. The van der Waals surface area contributed by atoms with Gasteiger partial charge in [-0.05, 0) is 64.8 Å². The van der Waals surface area contributed by atoms with E-state index in [4.69, 9.17) is 8.71 Å². The zero-order chi connectivity index (χ0) is 17.3. The number of aryl methyl sites for hydroxylation is 2. The van der Waals surface area contributed by atoms with Gasteiger partial charge in [0.05, 0.1) is 0 Å². The van der Waals surface area contributed by atoms with Gasteiger partial charge in [0.1, 0.15) is 10.6 Å². The average molecular weight is 409 g/mol. The molecule has 0 atom stereocenters. The van der Waals surface area contributed by atoms with Crippen LogP contribution in [0.1, 0.15) is 11.5 Å². The topological polar surface area (TPSA) is 82.3 Å². The van der Waals surface area contributed by atoms with Gasteiger partial charge in [-0.2, -0.15) is 13.4 Å². The molecule has 0 aliphatic carbocycles. The number of halogens is 1. The van der Waals surface area contributed by atoms with E-state index in [0.717, 1.165) is 5.56 Å². The van der Waals surface area contributed by atoms with Crippen LogP contribution in [-0.2, 0) is 10.1 Å². The molecule has 0 amide bonds. The summed E-state index contributed by atoms with van der Waals surface area (Å²) in [5.41, 5.74) is 1.65. The van der Waals surface area contributed by atoms with Crippen LogP contribution in [0.5, 0.6) is 5.75 Å². The van der Waals surface area contributed by atoms with Crippen LogP contribution in [0.25, 0.3) is 11.4 Å². The lowest BCUT2D eigenvalue weighted by molar-refractivity contribution is 0.394. The Balaban J connectivity index is 1.85. The van der Waals surface area contributed by atoms with Crippen LogP contribution in [0.3, 0.4) is 0 Å². The summed E-state index contributed by atoms with van der Waals surface area (Å²) in [6.45, 7) is 3.57. The van der Waals surface area contributed by atoms with Crippen LogP contribution >= 0.6 is 15.9 Å². The van der Waals surface area contributed by atoms with Gasteiger partial charge < -0.3 is 8.71 Å². The first-order valence-corrected chi connectivity index (χ1v) is 9.17. The lowest BCUT2D eigenvalue weighted by Gasteiger charge is -2.09. The maximum Gasteiger partial charge on any atom is 0.340 e. The summed E-state index contributed by atoms with van der Waals surface area (Å²) in [6, 6.07) is 11.4. The van der Waals surface area contributed by atoms with E-state index >= 15 is 0 Å². The average Bonchev–Trinajstić information content (AvgIpc) is 2.93. The van der Waals surface area contributed by atoms with Crippen molar-refractivity contribution >= 4 is 26.0 Å². The SMILES string of the molecule is Cc1ccc(S(=O)(=O)Oc2ccc(-c3noc(C)n3)cc2)c(Br)c1. The molecule has 0 saturated carbocycles. The van der Waals surface area contributed by atoms with Crippen LogP contribution in [0.4, 0.5) is 0 Å². The van der Waals surface area contributed by atoms with Gasteiger partial charge in [-0.25, -0.2) is 0 Å². The third kappa shape index (κ3) is 3.49. The molecule has 1 heterocycles. The van der Waals surface area contributed by atoms with E-state index in [0.29, 0.717) is 21.8 Å². The lowest BCUT2D eigenvalue weighted by atomic mass is 10.2. The fourth-order valence-electron chi connectivity index (χ4n) is 2.06. The molecule has 0 fully saturated rings. The minimum atomic E-state index is -3.93. The standard InChI is InChI=1S/C16H13BrN2O4S/c1-10-3-8-15(14(17)9-10)24(20,21)23-13-6-4-12(5-7-13)16-18-11(2)22-19-16/h3-9H,1-2H3. The van der Waals surface area contributed by atoms with Gasteiger partial charge in [0, 0.05) is 17.0 Å². The van der Waals surface area contributed by atoms with E-state index in [1.54, 1.807) is 43.3 Å². The predicted octanol–water partition coefficient (Wildman–Crippen LogP) is 3.88. The second-order valence-corrected chi connectivity index (χ2v) is 7.50. The highest BCUT2D eigenvalue weighted by Gasteiger charge is 2.20. The molecule has 0 unspecified atom stereocenters. The molecule has 2 aromatic carbocycles. The highest BCUT2D eigenvalue weighted by molar-refractivity contribution is 9.10. The Hall–Kier alpha value is -2.19. The van der Waals surface area contributed by atoms with Crippen molar-refractivity contribution < 1.29 is 17.1 Å². The van der Waals surface area contributed by atoms with Crippen molar-refractivity contribution in [3.05, 3.63) is 58.4 Å². The highest BCUT2D eigenvalue weighted by Crippen LogP contribution is 2.27. The summed E-state index contributed by atoms with van der Waals surface area (Å²) in [7, 11) is -3.93. The molecule has 0 spiro atoms. The molecular weight excluding hydrogens is 396 g/mol. The van der Waals surface area contributed by atoms with Crippen molar-refractivity contribution in [1.29, 1.82) is 0 Å². The van der Waals surface area contributed by atoms with E-state index in [-0.39, 0.29) is 10.6 Å². The van der Waals surface area contributed by atoms with E-state index in [9.17, 15) is 8.42 Å². The number of aromatic nitrogens is 2. The molecule has 0 aliphatic rings. The van der Waals surface area contributed by atoms with Gasteiger partial charge in [-0.15, -0.1) is 0 Å². The Bertz CT molecular complexity index is 982. The third-order valence-corrected chi connectivity index (χ3v) is 5.43. The monoisotopic (exact) mass is 408 g/mol. The molecule has 1 aromatic heterocycles. The van der Waals surface area contributed by atoms with Crippen molar-refractivity contribution in [1.82, 2.24) is 10.1 Å². The van der Waals surface area contributed by atoms with Crippen molar-refractivity contribution in [2.75, 3.05) is 0 Å². The van der Waals surface area contributed by atoms with Crippen LogP contribution in [0, 0.1) is 13.8 Å². The number of nitrogens with zero attached hydrogens (tertiary/aromatic N) is 2. The molecule has 0 N–H and O–H groups in total. The van der Waals surface area contributed by atoms with Gasteiger partial charge in [0.15, 0.2) is 0 Å². The normalized spacial score (nSPS) is 11.5. The third-order valence-electron chi connectivity index (χ3n) is 3.20. The van der Waals surface area contributed by atoms with Gasteiger partial charge >= 0.3 is 10.1 Å². The first-order valence-electron chi connectivity index (χ1n) is 6.96. The first kappa shape index (κ1) is 16.7. The quantitative estimate of drug-likeness (QED) is 0.609. The number of hydrogen-bond donors (Lipinski definition) is 0. The molecule has 0 saturated heterocycles. The first-order chi connectivity index (χ1) is 11.3. The second-order valence-electron chi connectivity index (χ2n) is 5.13. The number of benzene rings is 2. The summed E-state index contributed by atoms with van der Waals surface area (Å²) >= 11 is 3.25. The molecule has 6 nitrogen and oxygen atoms in total. The zero-order valence-corrected chi connectivity index (χ0v) is 15.3. The molecule has 0 radical (unpaired) electrons. The van der Waals surface area contributed by atoms with Crippen molar-refractivity contribution in [2.24, 2.45) is 0 Å². The van der Waals surface area contributed by atoms with Crippen LogP contribution < -0.4 is 4.18 Å². The summed E-state index contributed by atoms with van der Waals surface area (Å²) in [5, 5.41) is 3.81. The maximum absolute atomic E-state index is 12.4. The van der Waals surface area contributed by atoms with E-state index in [1.165, 1.54) is 6.07 Å². The molecule has 124 valence electrons. The van der Waals surface area contributed by atoms with Gasteiger partial charge in [0.25, 0.3) is 0 Å². The van der Waals surface area contributed by atoms with Gasteiger partial charge in [0.2, 0.25) is 11.7 Å². The molecule has 3 aromatic rings. The number of hydrogen-bond acceptors (Lipinski definition) is 6. The summed E-state index contributed by atoms with van der Waals surface area (Å²) in [4.78, 5) is 4.18. The lowest BCUT2D eigenvalue weighted by Crippen LogP contribution is -2.10. The van der Waals surface area contributed by atoms with Crippen LogP contribution in [-0.4, -0.2) is 18.6 Å².